The molecule has 18 heavy (non-hydrogen) atoms. The summed E-state index contributed by atoms with van der Waals surface area (Å²) in [6, 6.07) is 8.80. The van der Waals surface area contributed by atoms with Crippen molar-refractivity contribution in [1.29, 1.82) is 0 Å². The van der Waals surface area contributed by atoms with Crippen molar-refractivity contribution in [3.8, 4) is 0 Å². The molecule has 1 aromatic rings. The van der Waals surface area contributed by atoms with Crippen molar-refractivity contribution in [1.82, 2.24) is 5.32 Å². The van der Waals surface area contributed by atoms with E-state index in [0.717, 1.165) is 5.56 Å². The second-order valence-corrected chi connectivity index (χ2v) is 5.08. The smallest absolute Gasteiger partial charge is 0.325 e. The van der Waals surface area contributed by atoms with Crippen molar-refractivity contribution in [2.24, 2.45) is 5.41 Å². The number of carbonyl (C=O) groups is 2. The van der Waals surface area contributed by atoms with Crippen LogP contribution in [0.5, 0.6) is 0 Å². The Bertz CT molecular complexity index is 426. The van der Waals surface area contributed by atoms with E-state index in [2.05, 4.69) is 5.32 Å². The number of hydrogen-bond donors (Lipinski definition) is 2. The van der Waals surface area contributed by atoms with E-state index in [-0.39, 0.29) is 5.91 Å². The number of hydrogen-bond acceptors (Lipinski definition) is 2. The zero-order valence-corrected chi connectivity index (χ0v) is 10.9. The minimum atomic E-state index is -1.03. The molecule has 0 saturated heterocycles. The van der Waals surface area contributed by atoms with Crippen molar-refractivity contribution in [3.05, 3.63) is 35.9 Å². The van der Waals surface area contributed by atoms with Crippen LogP contribution < -0.4 is 5.32 Å². The van der Waals surface area contributed by atoms with Crippen LogP contribution in [0.4, 0.5) is 0 Å². The number of benzene rings is 1. The van der Waals surface area contributed by atoms with E-state index in [1.807, 2.05) is 44.2 Å². The molecule has 0 aliphatic heterocycles. The van der Waals surface area contributed by atoms with E-state index in [0.29, 0.717) is 6.42 Å². The molecule has 1 atom stereocenters. The van der Waals surface area contributed by atoms with Gasteiger partial charge in [-0.15, -0.1) is 0 Å². The molecule has 0 saturated carbocycles. The van der Waals surface area contributed by atoms with Gasteiger partial charge in [0.25, 0.3) is 0 Å². The summed E-state index contributed by atoms with van der Waals surface area (Å²) in [5.41, 5.74) is 0.422. The Balaban J connectivity index is 2.68. The van der Waals surface area contributed by atoms with Gasteiger partial charge < -0.3 is 10.4 Å². The molecule has 1 rings (SSSR count). The maximum atomic E-state index is 12.0. The fraction of sp³-hybridized carbons (Fsp3) is 0.429. The van der Waals surface area contributed by atoms with Gasteiger partial charge in [-0.1, -0.05) is 44.2 Å². The first-order valence-electron chi connectivity index (χ1n) is 5.90. The van der Waals surface area contributed by atoms with E-state index in [1.165, 1.54) is 6.92 Å². The van der Waals surface area contributed by atoms with Crippen LogP contribution in [-0.4, -0.2) is 23.0 Å². The first-order chi connectivity index (χ1) is 8.33. The second-order valence-electron chi connectivity index (χ2n) is 5.08. The normalized spacial score (nSPS) is 12.8. The standard InChI is InChI=1S/C14H19NO3/c1-10(12(16)17)15-13(18)14(2,3)9-11-7-5-4-6-8-11/h4-8,10H,9H2,1-3H3,(H,15,18)(H,16,17)/t10-/m1/s1. The molecule has 0 radical (unpaired) electrons. The van der Waals surface area contributed by atoms with Gasteiger partial charge in [-0.25, -0.2) is 0 Å². The van der Waals surface area contributed by atoms with Crippen LogP contribution in [0.3, 0.4) is 0 Å². The summed E-state index contributed by atoms with van der Waals surface area (Å²) in [7, 11) is 0. The number of carboxylic acid groups (broad SMARTS) is 1. The van der Waals surface area contributed by atoms with E-state index in [9.17, 15) is 9.59 Å². The number of nitrogens with one attached hydrogen (secondary N) is 1. The van der Waals surface area contributed by atoms with E-state index in [4.69, 9.17) is 5.11 Å². The van der Waals surface area contributed by atoms with Crippen molar-refractivity contribution in [3.63, 3.8) is 0 Å². The lowest BCUT2D eigenvalue weighted by molar-refractivity contribution is -0.142. The average Bonchev–Trinajstić information content (AvgIpc) is 2.29. The number of rotatable bonds is 5. The third-order valence-corrected chi connectivity index (χ3v) is 2.82. The molecule has 0 aliphatic rings. The minimum absolute atomic E-state index is 0.249. The zero-order chi connectivity index (χ0) is 13.8. The summed E-state index contributed by atoms with van der Waals surface area (Å²) in [6.45, 7) is 5.08. The monoisotopic (exact) mass is 249 g/mol. The summed E-state index contributed by atoms with van der Waals surface area (Å²) in [4.78, 5) is 22.7. The van der Waals surface area contributed by atoms with Crippen LogP contribution in [0.2, 0.25) is 0 Å². The average molecular weight is 249 g/mol. The van der Waals surface area contributed by atoms with Crippen LogP contribution in [0.1, 0.15) is 26.3 Å². The van der Waals surface area contributed by atoms with E-state index < -0.39 is 17.4 Å². The molecule has 0 spiro atoms. The third kappa shape index (κ3) is 3.87. The zero-order valence-electron chi connectivity index (χ0n) is 10.9. The quantitative estimate of drug-likeness (QED) is 0.836. The molecule has 0 fully saturated rings. The summed E-state index contributed by atoms with van der Waals surface area (Å²) in [5.74, 6) is -1.28. The number of aliphatic carboxylic acids is 1. The van der Waals surface area contributed by atoms with Crippen LogP contribution in [0, 0.1) is 5.41 Å². The summed E-state index contributed by atoms with van der Waals surface area (Å²) in [5, 5.41) is 11.3. The number of carbonyl (C=O) groups excluding carboxylic acids is 1. The van der Waals surface area contributed by atoms with Gasteiger partial charge in [-0.3, -0.25) is 9.59 Å². The summed E-state index contributed by atoms with van der Waals surface area (Å²) in [6.07, 6.45) is 0.575. The van der Waals surface area contributed by atoms with E-state index >= 15 is 0 Å². The van der Waals surface area contributed by atoms with Gasteiger partial charge in [-0.05, 0) is 18.9 Å². The van der Waals surface area contributed by atoms with Crippen LogP contribution in [0.25, 0.3) is 0 Å². The molecule has 0 heterocycles. The molecule has 2 N–H and O–H groups in total. The van der Waals surface area contributed by atoms with Crippen LogP contribution in [-0.2, 0) is 16.0 Å². The Kier molecular flexibility index (Phi) is 4.48. The van der Waals surface area contributed by atoms with Crippen molar-refractivity contribution in [2.75, 3.05) is 0 Å². The first kappa shape index (κ1) is 14.2. The highest BCUT2D eigenvalue weighted by molar-refractivity contribution is 5.86. The van der Waals surface area contributed by atoms with Gasteiger partial charge in [0.15, 0.2) is 0 Å². The topological polar surface area (TPSA) is 66.4 Å². The second kappa shape index (κ2) is 5.67. The molecule has 0 bridgehead atoms. The fourth-order valence-corrected chi connectivity index (χ4v) is 1.64. The minimum Gasteiger partial charge on any atom is -0.480 e. The Morgan fingerprint density at radius 2 is 1.83 bits per heavy atom. The molecule has 4 nitrogen and oxygen atoms in total. The maximum absolute atomic E-state index is 12.0. The predicted molar refractivity (Wildman–Crippen MR) is 69.2 cm³/mol. The lowest BCUT2D eigenvalue weighted by Gasteiger charge is -2.25. The largest absolute Gasteiger partial charge is 0.480 e. The number of amides is 1. The molecule has 0 aliphatic carbocycles. The van der Waals surface area contributed by atoms with Gasteiger partial charge >= 0.3 is 5.97 Å². The summed E-state index contributed by atoms with van der Waals surface area (Å²) >= 11 is 0. The molecule has 4 heteroatoms. The van der Waals surface area contributed by atoms with Crippen LogP contribution in [0.15, 0.2) is 30.3 Å². The third-order valence-electron chi connectivity index (χ3n) is 2.82. The lowest BCUT2D eigenvalue weighted by atomic mass is 9.84. The van der Waals surface area contributed by atoms with Gasteiger partial charge in [0, 0.05) is 5.41 Å². The van der Waals surface area contributed by atoms with Crippen molar-refractivity contribution >= 4 is 11.9 Å². The van der Waals surface area contributed by atoms with E-state index in [1.54, 1.807) is 0 Å². The van der Waals surface area contributed by atoms with Gasteiger partial charge in [-0.2, -0.15) is 0 Å². The molecule has 98 valence electrons. The predicted octanol–water partition coefficient (Wildman–Crippen LogP) is 1.84. The Labute approximate surface area is 107 Å². The first-order valence-corrected chi connectivity index (χ1v) is 5.90. The highest BCUT2D eigenvalue weighted by Gasteiger charge is 2.29. The lowest BCUT2D eigenvalue weighted by Crippen LogP contribution is -2.45. The SMILES string of the molecule is C[C@@H](NC(=O)C(C)(C)Cc1ccccc1)C(=O)O. The van der Waals surface area contributed by atoms with Gasteiger partial charge in [0.2, 0.25) is 5.91 Å². The Hall–Kier alpha value is -1.84. The Morgan fingerprint density at radius 3 is 2.33 bits per heavy atom. The number of carboxylic acids is 1. The highest BCUT2D eigenvalue weighted by atomic mass is 16.4. The molecule has 1 aromatic carbocycles. The van der Waals surface area contributed by atoms with Crippen molar-refractivity contribution < 1.29 is 14.7 Å². The Morgan fingerprint density at radius 1 is 1.28 bits per heavy atom. The van der Waals surface area contributed by atoms with Crippen molar-refractivity contribution in [2.45, 2.75) is 33.2 Å². The van der Waals surface area contributed by atoms with Gasteiger partial charge in [0.1, 0.15) is 6.04 Å². The molecule has 1 amide bonds. The fourth-order valence-electron chi connectivity index (χ4n) is 1.64. The highest BCUT2D eigenvalue weighted by Crippen LogP contribution is 2.22. The van der Waals surface area contributed by atoms with Crippen LogP contribution >= 0.6 is 0 Å². The molecule has 0 aromatic heterocycles. The summed E-state index contributed by atoms with van der Waals surface area (Å²) < 4.78 is 0. The maximum Gasteiger partial charge on any atom is 0.325 e. The molecular formula is C14H19NO3. The van der Waals surface area contributed by atoms with Gasteiger partial charge in [0.05, 0.1) is 0 Å². The molecular weight excluding hydrogens is 230 g/mol. The molecule has 0 unspecified atom stereocenters.